The van der Waals surface area contributed by atoms with E-state index >= 15 is 0 Å². The van der Waals surface area contributed by atoms with Gasteiger partial charge in [0.15, 0.2) is 23.2 Å². The second kappa shape index (κ2) is 11.6. The molecule has 0 bridgehead atoms. The van der Waals surface area contributed by atoms with Gasteiger partial charge < -0.3 is 12.9 Å². The molecule has 0 heterocycles. The summed E-state index contributed by atoms with van der Waals surface area (Å²) in [6, 6.07) is 12.0. The normalized spacial score (nSPS) is 12.3. The zero-order chi connectivity index (χ0) is 26.3. The van der Waals surface area contributed by atoms with E-state index in [0.29, 0.717) is 5.56 Å². The van der Waals surface area contributed by atoms with Crippen LogP contribution in [0.4, 0.5) is 34.9 Å². The molecule has 0 aliphatic heterocycles. The summed E-state index contributed by atoms with van der Waals surface area (Å²) in [6.45, 7) is -6.30. The molecule has 4 nitrogen and oxygen atoms in total. The highest BCUT2D eigenvalue weighted by Crippen LogP contribution is 2.21. The Morgan fingerprint density at radius 1 is 0.912 bits per heavy atom. The van der Waals surface area contributed by atoms with Crippen LogP contribution in [0.3, 0.4) is 0 Å². The van der Waals surface area contributed by atoms with Gasteiger partial charge in [-0.05, 0) is 11.5 Å². The van der Waals surface area contributed by atoms with Crippen LogP contribution >= 0.6 is 0 Å². The number of ketones is 1. The Morgan fingerprint density at radius 2 is 1.35 bits per heavy atom. The van der Waals surface area contributed by atoms with Gasteiger partial charge in [-0.3, -0.25) is 4.79 Å². The molecule has 0 radical (unpaired) electrons. The molecule has 14 heteroatoms. The fraction of sp³-hybridized carbons (Fsp3) is 0.150. The van der Waals surface area contributed by atoms with Crippen LogP contribution in [-0.2, 0) is 14.1 Å². The summed E-state index contributed by atoms with van der Waals surface area (Å²) in [4.78, 5) is 11.9. The van der Waals surface area contributed by atoms with Gasteiger partial charge in [-0.15, -0.1) is 4.21 Å². The summed E-state index contributed by atoms with van der Waals surface area (Å²) in [6.07, 6.45) is 2.80. The number of carbonyl (C=O) groups excluding carboxylic acids is 1. The summed E-state index contributed by atoms with van der Waals surface area (Å²) in [7, 11) is -2.42. The summed E-state index contributed by atoms with van der Waals surface area (Å²) in [5, 5.41) is 17.2. The number of hydrogen-bond donors (Lipinski definition) is 0. The maximum atomic E-state index is 12.5. The average molecular weight is 508 g/mol. The predicted molar refractivity (Wildman–Crippen MR) is 109 cm³/mol. The lowest BCUT2D eigenvalue weighted by Crippen LogP contribution is -2.41. The highest BCUT2D eigenvalue weighted by molar-refractivity contribution is 8.03. The van der Waals surface area contributed by atoms with Crippen molar-refractivity contribution in [3.63, 3.8) is 0 Å². The van der Waals surface area contributed by atoms with Crippen LogP contribution in [0.5, 0.6) is 0 Å². The first-order chi connectivity index (χ1) is 15.7. The van der Waals surface area contributed by atoms with Crippen LogP contribution in [-0.4, -0.2) is 30.5 Å². The Morgan fingerprint density at radius 3 is 1.76 bits per heavy atom. The molecule has 0 aromatic heterocycles. The van der Waals surface area contributed by atoms with Gasteiger partial charge in [0.2, 0.25) is 5.78 Å². The minimum atomic E-state index is -6.30. The van der Waals surface area contributed by atoms with Crippen molar-refractivity contribution in [2.45, 2.75) is 0 Å². The molecule has 2 rings (SSSR count). The third-order valence-electron chi connectivity index (χ3n) is 3.98. The third kappa shape index (κ3) is 7.52. The predicted octanol–water partition coefficient (Wildman–Crippen LogP) is 4.41. The van der Waals surface area contributed by atoms with E-state index in [1.54, 1.807) is 42.5 Å². The van der Waals surface area contributed by atoms with Gasteiger partial charge in [0.1, 0.15) is 41.4 Å². The van der Waals surface area contributed by atoms with Gasteiger partial charge in [-0.1, -0.05) is 30.3 Å². The molecule has 34 heavy (non-hydrogen) atoms. The Labute approximate surface area is 189 Å². The van der Waals surface area contributed by atoms with Crippen LogP contribution in [0.25, 0.3) is 0 Å². The number of carbonyl (C=O) groups is 1. The molecule has 0 saturated heterocycles. The first-order valence-corrected chi connectivity index (χ1v) is 11.2. The van der Waals surface area contributed by atoms with Gasteiger partial charge >= 0.3 is 6.98 Å². The summed E-state index contributed by atoms with van der Waals surface area (Å²) in [5.74, 6) is -13.8. The van der Waals surface area contributed by atoms with Crippen molar-refractivity contribution < 1.29 is 43.9 Å². The fourth-order valence-electron chi connectivity index (χ4n) is 2.33. The standard InChI is InChI=1S/C14H13N2O2S.C6BF8/c1-19(18,8-7-12(9-15)10-16)11-14(17)13-5-3-2-4-6-13;8-2-1(7(13,14)15)3(9)5(11)6(12)4(2)10/h2-7H,8,11H2,1H3;/q+1;-1. The van der Waals surface area contributed by atoms with Gasteiger partial charge in [0, 0.05) is 5.56 Å². The van der Waals surface area contributed by atoms with Crippen molar-refractivity contribution in [3.05, 3.63) is 76.6 Å². The number of allylic oxidation sites excluding steroid dienone is 1. The number of rotatable bonds is 6. The lowest BCUT2D eigenvalue weighted by Gasteiger charge is -2.17. The fourth-order valence-corrected chi connectivity index (χ4v) is 3.69. The van der Waals surface area contributed by atoms with Crippen LogP contribution in [0.2, 0.25) is 0 Å². The van der Waals surface area contributed by atoms with Gasteiger partial charge in [-0.2, -0.15) is 10.5 Å². The van der Waals surface area contributed by atoms with Crippen LogP contribution < -0.4 is 5.46 Å². The van der Waals surface area contributed by atoms with Crippen LogP contribution in [0.15, 0.2) is 42.0 Å². The van der Waals surface area contributed by atoms with Crippen molar-refractivity contribution >= 4 is 28.2 Å². The monoisotopic (exact) mass is 508 g/mol. The molecule has 1 atom stereocenters. The lowest BCUT2D eigenvalue weighted by molar-refractivity contribution is 0.102. The van der Waals surface area contributed by atoms with E-state index in [2.05, 4.69) is 0 Å². The number of nitrogens with zero attached hydrogens (tertiary/aromatic N) is 2. The molecule has 0 aliphatic rings. The lowest BCUT2D eigenvalue weighted by atomic mass is 9.79. The Bertz CT molecular complexity index is 1190. The quantitative estimate of drug-likeness (QED) is 0.110. The number of hydrogen-bond acceptors (Lipinski definition) is 4. The van der Waals surface area contributed by atoms with Gasteiger partial charge in [0.25, 0.3) is 0 Å². The molecule has 0 saturated carbocycles. The maximum Gasteiger partial charge on any atom is 0.515 e. The SMILES string of the molecule is C[S+](=O)(CC=C(C#N)C#N)CC(=O)c1ccccc1.Fc1c(F)c(F)c([B-](F)(F)F)c(F)c1F. The molecule has 1 unspecified atom stereocenters. The van der Waals surface area contributed by atoms with E-state index in [1.165, 1.54) is 12.3 Å². The first kappa shape index (κ1) is 28.5. The number of benzene rings is 2. The van der Waals surface area contributed by atoms with Crippen molar-refractivity contribution in [1.29, 1.82) is 10.5 Å². The van der Waals surface area contributed by atoms with Gasteiger partial charge in [0.05, 0.1) is 9.93 Å². The van der Waals surface area contributed by atoms with E-state index in [-0.39, 0.29) is 22.9 Å². The molecule has 0 fully saturated rings. The molecular formula is C20H13BF8N2O2S. The Hall–Kier alpha value is -3.52. The Kier molecular flexibility index (Phi) is 9.70. The summed E-state index contributed by atoms with van der Waals surface area (Å²) in [5.41, 5.74) is -2.30. The molecule has 2 aromatic carbocycles. The molecule has 0 amide bonds. The van der Waals surface area contributed by atoms with Crippen LogP contribution in [0, 0.1) is 51.7 Å². The number of Topliss-reactive ketones (excluding diaryl/α,β-unsaturated/α-hetero) is 1. The molecule has 2 aromatic rings. The summed E-state index contributed by atoms with van der Waals surface area (Å²) >= 11 is 0. The number of nitriles is 2. The zero-order valence-corrected chi connectivity index (χ0v) is 17.9. The topological polar surface area (TPSA) is 81.7 Å². The smallest absolute Gasteiger partial charge is 0.445 e. The highest BCUT2D eigenvalue weighted by Gasteiger charge is 2.37. The maximum absolute atomic E-state index is 12.5. The van der Waals surface area contributed by atoms with Crippen molar-refractivity contribution in [3.8, 4) is 12.1 Å². The van der Waals surface area contributed by atoms with E-state index in [0.717, 1.165) is 0 Å². The Balaban J connectivity index is 0.000000350. The van der Waals surface area contributed by atoms with Crippen molar-refractivity contribution in [2.75, 3.05) is 17.8 Å². The van der Waals surface area contributed by atoms with E-state index in [1.807, 2.05) is 0 Å². The van der Waals surface area contributed by atoms with E-state index < -0.39 is 51.5 Å². The van der Waals surface area contributed by atoms with E-state index in [4.69, 9.17) is 10.5 Å². The molecule has 0 aliphatic carbocycles. The highest BCUT2D eigenvalue weighted by atomic mass is 32.2. The molecule has 0 N–H and O–H groups in total. The molecule has 180 valence electrons. The minimum absolute atomic E-state index is 0.0576. The van der Waals surface area contributed by atoms with Crippen molar-refractivity contribution in [1.82, 2.24) is 0 Å². The average Bonchev–Trinajstić information content (AvgIpc) is 2.77. The minimum Gasteiger partial charge on any atom is -0.445 e. The number of halogens is 8. The largest absolute Gasteiger partial charge is 0.515 e. The van der Waals surface area contributed by atoms with Crippen LogP contribution in [0.1, 0.15) is 10.4 Å². The van der Waals surface area contributed by atoms with E-state index in [9.17, 15) is 43.9 Å². The molecule has 0 spiro atoms. The zero-order valence-electron chi connectivity index (χ0n) is 17.1. The molecular weight excluding hydrogens is 495 g/mol. The third-order valence-corrected chi connectivity index (χ3v) is 5.73. The first-order valence-electron chi connectivity index (χ1n) is 8.90. The second-order valence-corrected chi connectivity index (χ2v) is 9.67. The van der Waals surface area contributed by atoms with Gasteiger partial charge in [-0.25, -0.2) is 22.0 Å². The second-order valence-electron chi connectivity index (χ2n) is 6.68. The van der Waals surface area contributed by atoms with Crippen molar-refractivity contribution in [2.24, 2.45) is 0 Å². The summed E-state index contributed by atoms with van der Waals surface area (Å²) < 4.78 is 110.